The first-order chi connectivity index (χ1) is 5.99. The molecule has 0 fully saturated rings. The first kappa shape index (κ1) is 10.4. The second-order valence-corrected chi connectivity index (χ2v) is 3.65. The van der Waals surface area contributed by atoms with E-state index in [0.29, 0.717) is 6.54 Å². The van der Waals surface area contributed by atoms with E-state index in [1.807, 2.05) is 6.92 Å². The average molecular weight is 210 g/mol. The molecular formula is C7H9F3N2S. The molecule has 1 aromatic rings. The quantitative estimate of drug-likeness (QED) is 0.762. The number of alkyl halides is 3. The van der Waals surface area contributed by atoms with E-state index in [2.05, 4.69) is 5.10 Å². The molecule has 0 aliphatic carbocycles. The highest BCUT2D eigenvalue weighted by molar-refractivity contribution is 8.00. The van der Waals surface area contributed by atoms with Crippen LogP contribution in [-0.2, 0) is 6.54 Å². The topological polar surface area (TPSA) is 17.8 Å². The van der Waals surface area contributed by atoms with Crippen LogP contribution in [0.5, 0.6) is 0 Å². The van der Waals surface area contributed by atoms with E-state index in [9.17, 15) is 13.2 Å². The predicted octanol–water partition coefficient (Wildman–Crippen LogP) is 2.44. The van der Waals surface area contributed by atoms with Crippen LogP contribution in [0.4, 0.5) is 13.2 Å². The summed E-state index contributed by atoms with van der Waals surface area (Å²) in [6.07, 6.45) is 1.58. The van der Waals surface area contributed by atoms with Crippen molar-refractivity contribution in [3.8, 4) is 0 Å². The molecule has 0 spiro atoms. The molecule has 0 N–H and O–H groups in total. The van der Waals surface area contributed by atoms with E-state index >= 15 is 0 Å². The Morgan fingerprint density at radius 1 is 1.54 bits per heavy atom. The molecule has 0 aliphatic heterocycles. The molecule has 0 radical (unpaired) electrons. The van der Waals surface area contributed by atoms with Crippen molar-refractivity contribution in [2.45, 2.75) is 19.0 Å². The lowest BCUT2D eigenvalue weighted by molar-refractivity contribution is -0.0328. The van der Waals surface area contributed by atoms with Gasteiger partial charge in [-0.05, 0) is 24.8 Å². The molecule has 0 aliphatic rings. The smallest absolute Gasteiger partial charge is 0.269 e. The lowest BCUT2D eigenvalue weighted by Gasteiger charge is -2.06. The molecule has 0 saturated carbocycles. The van der Waals surface area contributed by atoms with E-state index in [0.717, 1.165) is 5.69 Å². The Bertz CT molecular complexity index is 269. The second-order valence-electron chi connectivity index (χ2n) is 2.49. The minimum atomic E-state index is -4.14. The Labute approximate surface area is 78.1 Å². The Morgan fingerprint density at radius 2 is 2.23 bits per heavy atom. The van der Waals surface area contributed by atoms with Crippen molar-refractivity contribution in [3.63, 3.8) is 0 Å². The summed E-state index contributed by atoms with van der Waals surface area (Å²) in [6, 6.07) is 1.76. The molecule has 0 amide bonds. The Kier molecular flexibility index (Phi) is 3.24. The number of rotatable bonds is 3. The fourth-order valence-corrected chi connectivity index (χ4v) is 1.38. The van der Waals surface area contributed by atoms with Gasteiger partial charge in [0.25, 0.3) is 0 Å². The molecular weight excluding hydrogens is 201 g/mol. The molecule has 6 heteroatoms. The largest absolute Gasteiger partial charge is 0.441 e. The second kappa shape index (κ2) is 4.04. The molecule has 13 heavy (non-hydrogen) atoms. The van der Waals surface area contributed by atoms with E-state index in [1.54, 1.807) is 16.9 Å². The molecule has 0 bridgehead atoms. The van der Waals surface area contributed by atoms with Gasteiger partial charge in [0, 0.05) is 17.6 Å². The highest BCUT2D eigenvalue weighted by Gasteiger charge is 2.27. The summed E-state index contributed by atoms with van der Waals surface area (Å²) in [7, 11) is 0. The van der Waals surface area contributed by atoms with Crippen LogP contribution >= 0.6 is 11.8 Å². The van der Waals surface area contributed by atoms with Gasteiger partial charge < -0.3 is 0 Å². The summed E-state index contributed by atoms with van der Waals surface area (Å²) >= 11 is -0.0203. The molecule has 2 nitrogen and oxygen atoms in total. The summed E-state index contributed by atoms with van der Waals surface area (Å²) in [6.45, 7) is 2.11. The van der Waals surface area contributed by atoms with Crippen LogP contribution in [0.1, 0.15) is 5.69 Å². The normalized spacial score (nSPS) is 12.0. The van der Waals surface area contributed by atoms with Gasteiger partial charge in [0.1, 0.15) is 0 Å². The zero-order valence-electron chi connectivity index (χ0n) is 7.01. The van der Waals surface area contributed by atoms with Crippen LogP contribution in [0.15, 0.2) is 12.3 Å². The summed E-state index contributed by atoms with van der Waals surface area (Å²) in [5.74, 6) is 0.00597. The van der Waals surface area contributed by atoms with Crippen molar-refractivity contribution < 1.29 is 13.2 Å². The first-order valence-corrected chi connectivity index (χ1v) is 4.67. The zero-order valence-corrected chi connectivity index (χ0v) is 7.82. The highest BCUT2D eigenvalue weighted by Crippen LogP contribution is 2.29. The summed E-state index contributed by atoms with van der Waals surface area (Å²) < 4.78 is 36.7. The Morgan fingerprint density at radius 3 is 2.69 bits per heavy atom. The van der Waals surface area contributed by atoms with Gasteiger partial charge in [-0.3, -0.25) is 4.68 Å². The van der Waals surface area contributed by atoms with Crippen LogP contribution in [0.3, 0.4) is 0 Å². The summed E-state index contributed by atoms with van der Waals surface area (Å²) in [5.41, 5.74) is -3.26. The zero-order chi connectivity index (χ0) is 9.90. The SMILES string of the molecule is Cc1ccnn1CCSC(F)(F)F. The third-order valence-corrected chi connectivity index (χ3v) is 2.21. The maximum Gasteiger partial charge on any atom is 0.441 e. The molecule has 0 atom stereocenters. The van der Waals surface area contributed by atoms with E-state index in [-0.39, 0.29) is 17.5 Å². The molecule has 0 saturated heterocycles. The first-order valence-electron chi connectivity index (χ1n) is 3.68. The number of aromatic nitrogens is 2. The number of halogens is 3. The van der Waals surface area contributed by atoms with Crippen LogP contribution in [0, 0.1) is 6.92 Å². The number of aryl methyl sites for hydroxylation is 2. The Hall–Kier alpha value is -0.650. The van der Waals surface area contributed by atoms with Gasteiger partial charge in [-0.25, -0.2) is 0 Å². The van der Waals surface area contributed by atoms with Gasteiger partial charge in [-0.15, -0.1) is 0 Å². The van der Waals surface area contributed by atoms with Crippen molar-refractivity contribution >= 4 is 11.8 Å². The van der Waals surface area contributed by atoms with Gasteiger partial charge in [0.15, 0.2) is 0 Å². The maximum atomic E-state index is 11.7. The molecule has 1 rings (SSSR count). The third-order valence-electron chi connectivity index (χ3n) is 1.50. The third kappa shape index (κ3) is 3.71. The highest BCUT2D eigenvalue weighted by atomic mass is 32.2. The average Bonchev–Trinajstić information content (AvgIpc) is 2.34. The van der Waals surface area contributed by atoms with Gasteiger partial charge in [-0.1, -0.05) is 0 Å². The fraction of sp³-hybridized carbons (Fsp3) is 0.571. The van der Waals surface area contributed by atoms with E-state index in [1.165, 1.54) is 0 Å². The van der Waals surface area contributed by atoms with Crippen molar-refractivity contribution in [3.05, 3.63) is 18.0 Å². The number of hydrogen-bond acceptors (Lipinski definition) is 2. The minimum absolute atomic E-state index is 0.00597. The maximum absolute atomic E-state index is 11.7. The van der Waals surface area contributed by atoms with Crippen molar-refractivity contribution in [2.24, 2.45) is 0 Å². The molecule has 1 heterocycles. The van der Waals surface area contributed by atoms with E-state index in [4.69, 9.17) is 0 Å². The molecule has 0 unspecified atom stereocenters. The number of thioether (sulfide) groups is 1. The predicted molar refractivity (Wildman–Crippen MR) is 45.5 cm³/mol. The van der Waals surface area contributed by atoms with Crippen LogP contribution < -0.4 is 0 Å². The molecule has 0 aromatic carbocycles. The standard InChI is InChI=1S/C7H9F3N2S/c1-6-2-3-11-12(6)4-5-13-7(8,9)10/h2-3H,4-5H2,1H3. The van der Waals surface area contributed by atoms with Gasteiger partial charge in [-0.2, -0.15) is 18.3 Å². The summed E-state index contributed by atoms with van der Waals surface area (Å²) in [5, 5.41) is 3.87. The lowest BCUT2D eigenvalue weighted by atomic mass is 10.5. The number of nitrogens with zero attached hydrogens (tertiary/aromatic N) is 2. The fourth-order valence-electron chi connectivity index (χ4n) is 0.881. The van der Waals surface area contributed by atoms with Crippen LogP contribution in [0.25, 0.3) is 0 Å². The van der Waals surface area contributed by atoms with Crippen LogP contribution in [-0.4, -0.2) is 21.0 Å². The van der Waals surface area contributed by atoms with Gasteiger partial charge >= 0.3 is 5.51 Å². The van der Waals surface area contributed by atoms with Crippen molar-refractivity contribution in [2.75, 3.05) is 5.75 Å². The monoisotopic (exact) mass is 210 g/mol. The van der Waals surface area contributed by atoms with Crippen LogP contribution in [0.2, 0.25) is 0 Å². The van der Waals surface area contributed by atoms with Gasteiger partial charge in [0.05, 0.1) is 6.54 Å². The number of hydrogen-bond donors (Lipinski definition) is 0. The summed E-state index contributed by atoms with van der Waals surface area (Å²) in [4.78, 5) is 0. The van der Waals surface area contributed by atoms with Crippen molar-refractivity contribution in [1.82, 2.24) is 9.78 Å². The Balaban J connectivity index is 2.32. The van der Waals surface area contributed by atoms with E-state index < -0.39 is 5.51 Å². The molecule has 74 valence electrons. The van der Waals surface area contributed by atoms with Crippen molar-refractivity contribution in [1.29, 1.82) is 0 Å². The molecule has 1 aromatic heterocycles. The lowest BCUT2D eigenvalue weighted by Crippen LogP contribution is -2.08. The minimum Gasteiger partial charge on any atom is -0.269 e. The van der Waals surface area contributed by atoms with Gasteiger partial charge in [0.2, 0.25) is 0 Å².